The number of hydrogen-bond donors (Lipinski definition) is 0. The second-order valence-electron chi connectivity index (χ2n) is 5.26. The average Bonchev–Trinajstić information content (AvgIpc) is 3.11. The average molecular weight is 264 g/mol. The molecule has 0 aromatic carbocycles. The van der Waals surface area contributed by atoms with Crippen molar-refractivity contribution in [1.82, 2.24) is 14.7 Å². The molecule has 0 spiro atoms. The number of carbonyl (C=O) groups excluding carboxylic acids is 1. The molecule has 6 heteroatoms. The van der Waals surface area contributed by atoms with Crippen molar-refractivity contribution in [1.29, 1.82) is 0 Å². The fraction of sp³-hybridized carbons (Fsp3) is 0.692. The van der Waals surface area contributed by atoms with Gasteiger partial charge in [-0.1, -0.05) is 0 Å². The summed E-state index contributed by atoms with van der Waals surface area (Å²) < 4.78 is 7.35. The molecule has 19 heavy (non-hydrogen) atoms. The van der Waals surface area contributed by atoms with Crippen LogP contribution in [0.5, 0.6) is 0 Å². The lowest BCUT2D eigenvalue weighted by molar-refractivity contribution is -0.121. The van der Waals surface area contributed by atoms with E-state index in [9.17, 15) is 4.79 Å². The van der Waals surface area contributed by atoms with Crippen molar-refractivity contribution in [3.8, 4) is 0 Å². The van der Waals surface area contributed by atoms with Crippen molar-refractivity contribution in [3.05, 3.63) is 12.4 Å². The van der Waals surface area contributed by atoms with Crippen molar-refractivity contribution < 1.29 is 9.53 Å². The number of nitrogens with zero attached hydrogens (tertiary/aromatic N) is 4. The lowest BCUT2D eigenvalue weighted by Gasteiger charge is -2.33. The van der Waals surface area contributed by atoms with Gasteiger partial charge in [0.15, 0.2) is 0 Å². The van der Waals surface area contributed by atoms with Crippen molar-refractivity contribution in [3.63, 3.8) is 0 Å². The minimum absolute atomic E-state index is 0.144. The summed E-state index contributed by atoms with van der Waals surface area (Å²) in [6.07, 6.45) is 6.52. The second kappa shape index (κ2) is 5.30. The van der Waals surface area contributed by atoms with Crippen LogP contribution < -0.4 is 4.90 Å². The molecule has 1 aliphatic carbocycles. The number of rotatable bonds is 5. The van der Waals surface area contributed by atoms with Gasteiger partial charge in [0.2, 0.25) is 5.91 Å². The Bertz CT molecular complexity index is 455. The Morgan fingerprint density at radius 2 is 2.26 bits per heavy atom. The minimum Gasteiger partial charge on any atom is -0.377 e. The third-order valence-electron chi connectivity index (χ3n) is 3.59. The highest BCUT2D eigenvalue weighted by Crippen LogP contribution is 2.23. The Hall–Kier alpha value is -1.40. The summed E-state index contributed by atoms with van der Waals surface area (Å²) in [7, 11) is 1.86. The van der Waals surface area contributed by atoms with Gasteiger partial charge in [0.1, 0.15) is 0 Å². The third kappa shape index (κ3) is 3.13. The number of carbonyl (C=O) groups is 1. The largest absolute Gasteiger partial charge is 0.377 e. The molecule has 3 rings (SSSR count). The second-order valence-corrected chi connectivity index (χ2v) is 5.26. The molecule has 1 aromatic rings. The highest BCUT2D eigenvalue weighted by Gasteiger charge is 2.26. The summed E-state index contributed by atoms with van der Waals surface area (Å²) in [5.41, 5.74) is 0.890. The lowest BCUT2D eigenvalue weighted by Crippen LogP contribution is -2.51. The number of piperazine rings is 1. The van der Waals surface area contributed by atoms with Gasteiger partial charge in [-0.3, -0.25) is 14.4 Å². The molecule has 0 unspecified atom stereocenters. The van der Waals surface area contributed by atoms with Crippen LogP contribution in [0.4, 0.5) is 5.69 Å². The van der Waals surface area contributed by atoms with Gasteiger partial charge in [0, 0.05) is 32.9 Å². The number of aromatic nitrogens is 2. The molecule has 0 bridgehead atoms. The van der Waals surface area contributed by atoms with E-state index in [4.69, 9.17) is 4.74 Å². The Kier molecular flexibility index (Phi) is 3.52. The van der Waals surface area contributed by atoms with Gasteiger partial charge < -0.3 is 9.64 Å². The van der Waals surface area contributed by atoms with Crippen LogP contribution in [0.25, 0.3) is 0 Å². The van der Waals surface area contributed by atoms with Crippen LogP contribution in [0.2, 0.25) is 0 Å². The van der Waals surface area contributed by atoms with Crippen LogP contribution >= 0.6 is 0 Å². The van der Waals surface area contributed by atoms with Gasteiger partial charge in [-0.15, -0.1) is 0 Å². The summed E-state index contributed by atoms with van der Waals surface area (Å²) in [6.45, 7) is 3.69. The minimum atomic E-state index is 0.144. The fourth-order valence-electron chi connectivity index (χ4n) is 2.32. The van der Waals surface area contributed by atoms with E-state index in [2.05, 4.69) is 10.00 Å². The summed E-state index contributed by atoms with van der Waals surface area (Å²) in [5, 5.41) is 4.11. The van der Waals surface area contributed by atoms with Crippen LogP contribution in [0, 0.1) is 0 Å². The fourth-order valence-corrected chi connectivity index (χ4v) is 2.32. The lowest BCUT2D eigenvalue weighted by atomic mass is 10.3. The quantitative estimate of drug-likeness (QED) is 0.765. The first kappa shape index (κ1) is 12.6. The Labute approximate surface area is 112 Å². The van der Waals surface area contributed by atoms with Crippen LogP contribution in [0.15, 0.2) is 12.4 Å². The van der Waals surface area contributed by atoms with Crippen LogP contribution in [-0.4, -0.2) is 59.5 Å². The SMILES string of the molecule is Cn1cc(N2CCN(CCOC3CC3)CC2=O)cn1. The summed E-state index contributed by atoms with van der Waals surface area (Å²) in [5.74, 6) is 0.144. The topological polar surface area (TPSA) is 50.6 Å². The molecule has 1 aromatic heterocycles. The van der Waals surface area contributed by atoms with Gasteiger partial charge in [0.25, 0.3) is 0 Å². The maximum atomic E-state index is 12.1. The standard InChI is InChI=1S/C13H20N4O2/c1-15-9-11(8-14-15)17-5-4-16(10-13(17)18)6-7-19-12-2-3-12/h8-9,12H,2-7,10H2,1H3. The molecule has 1 saturated heterocycles. The zero-order chi connectivity index (χ0) is 13.2. The molecule has 0 N–H and O–H groups in total. The maximum absolute atomic E-state index is 12.1. The van der Waals surface area contributed by atoms with Gasteiger partial charge in [-0.25, -0.2) is 0 Å². The molecule has 2 aliphatic rings. The summed E-state index contributed by atoms with van der Waals surface area (Å²) >= 11 is 0. The first-order chi connectivity index (χ1) is 9.22. The monoisotopic (exact) mass is 264 g/mol. The van der Waals surface area contributed by atoms with E-state index in [1.165, 1.54) is 12.8 Å². The molecule has 2 heterocycles. The van der Waals surface area contributed by atoms with Gasteiger partial charge in [-0.2, -0.15) is 5.10 Å². The molecule has 1 saturated carbocycles. The smallest absolute Gasteiger partial charge is 0.241 e. The Morgan fingerprint density at radius 1 is 1.42 bits per heavy atom. The number of aryl methyl sites for hydroxylation is 1. The highest BCUT2D eigenvalue weighted by molar-refractivity contribution is 5.95. The van der Waals surface area contributed by atoms with Crippen molar-refractivity contribution in [2.75, 3.05) is 37.7 Å². The number of ether oxygens (including phenoxy) is 1. The number of hydrogen-bond acceptors (Lipinski definition) is 4. The van der Waals surface area contributed by atoms with Gasteiger partial charge in [-0.05, 0) is 12.8 Å². The van der Waals surface area contributed by atoms with Crippen LogP contribution in [0.1, 0.15) is 12.8 Å². The molecule has 104 valence electrons. The molecule has 6 nitrogen and oxygen atoms in total. The highest BCUT2D eigenvalue weighted by atomic mass is 16.5. The van der Waals surface area contributed by atoms with Crippen LogP contribution in [-0.2, 0) is 16.6 Å². The Balaban J connectivity index is 1.49. The summed E-state index contributed by atoms with van der Waals surface area (Å²) in [6, 6.07) is 0. The number of amides is 1. The van der Waals surface area contributed by atoms with Crippen molar-refractivity contribution in [2.24, 2.45) is 7.05 Å². The molecule has 1 aliphatic heterocycles. The van der Waals surface area contributed by atoms with E-state index in [1.807, 2.05) is 18.1 Å². The van der Waals surface area contributed by atoms with E-state index < -0.39 is 0 Å². The van der Waals surface area contributed by atoms with E-state index in [0.29, 0.717) is 12.6 Å². The molecular weight excluding hydrogens is 244 g/mol. The first-order valence-electron chi connectivity index (χ1n) is 6.85. The van der Waals surface area contributed by atoms with E-state index in [0.717, 1.165) is 31.9 Å². The predicted molar refractivity (Wildman–Crippen MR) is 71.0 cm³/mol. The van der Waals surface area contributed by atoms with Crippen molar-refractivity contribution in [2.45, 2.75) is 18.9 Å². The third-order valence-corrected chi connectivity index (χ3v) is 3.59. The normalized spacial score (nSPS) is 21.1. The zero-order valence-corrected chi connectivity index (χ0v) is 11.3. The molecule has 0 atom stereocenters. The van der Waals surface area contributed by atoms with E-state index in [-0.39, 0.29) is 5.91 Å². The van der Waals surface area contributed by atoms with Crippen LogP contribution in [0.3, 0.4) is 0 Å². The van der Waals surface area contributed by atoms with E-state index >= 15 is 0 Å². The predicted octanol–water partition coefficient (Wildman–Crippen LogP) is 0.248. The number of anilines is 1. The first-order valence-corrected chi connectivity index (χ1v) is 6.85. The molecule has 2 fully saturated rings. The zero-order valence-electron chi connectivity index (χ0n) is 11.3. The van der Waals surface area contributed by atoms with Crippen molar-refractivity contribution >= 4 is 11.6 Å². The summed E-state index contributed by atoms with van der Waals surface area (Å²) in [4.78, 5) is 16.1. The van der Waals surface area contributed by atoms with Gasteiger partial charge in [0.05, 0.1) is 31.1 Å². The molecule has 0 radical (unpaired) electrons. The van der Waals surface area contributed by atoms with Gasteiger partial charge >= 0.3 is 0 Å². The molecular formula is C13H20N4O2. The maximum Gasteiger partial charge on any atom is 0.241 e. The van der Waals surface area contributed by atoms with E-state index in [1.54, 1.807) is 10.9 Å². The molecule has 1 amide bonds. The Morgan fingerprint density at radius 3 is 2.89 bits per heavy atom.